The number of aromatic nitrogens is 3. The molecule has 0 bridgehead atoms. The Hall–Kier alpha value is -2.33. The first-order chi connectivity index (χ1) is 15.1. The fourth-order valence-corrected chi connectivity index (χ4v) is 4.38. The molecule has 0 saturated heterocycles. The zero-order valence-corrected chi connectivity index (χ0v) is 20.2. The minimum Gasteiger partial charge on any atom is -0.360 e. The monoisotopic (exact) mass is 495 g/mol. The molecule has 0 fully saturated rings. The summed E-state index contributed by atoms with van der Waals surface area (Å²) in [4.78, 5) is 8.54. The zero-order chi connectivity index (χ0) is 23.0. The van der Waals surface area contributed by atoms with Gasteiger partial charge in [-0.15, -0.1) is 0 Å². The van der Waals surface area contributed by atoms with E-state index in [0.29, 0.717) is 23.6 Å². The molecule has 4 rings (SSSR count). The molecule has 3 aromatic rings. The average molecular weight is 496 g/mol. The molecule has 0 saturated carbocycles. The molecule has 1 aromatic carbocycles. The van der Waals surface area contributed by atoms with Crippen molar-refractivity contribution in [3.8, 4) is 11.3 Å². The van der Waals surface area contributed by atoms with E-state index >= 15 is 0 Å². The largest absolute Gasteiger partial charge is 0.360 e. The number of benzene rings is 1. The summed E-state index contributed by atoms with van der Waals surface area (Å²) in [7, 11) is -1.26. The van der Waals surface area contributed by atoms with Gasteiger partial charge in [0.2, 0.25) is 0 Å². The number of nitrogens with one attached hydrogen (secondary N) is 1. The fourth-order valence-electron chi connectivity index (χ4n) is 3.25. The second-order valence-corrected chi connectivity index (χ2v) is 14.9. The van der Waals surface area contributed by atoms with E-state index in [0.717, 1.165) is 18.2 Å². The third-order valence-electron chi connectivity index (χ3n) is 4.90. The van der Waals surface area contributed by atoms with Gasteiger partial charge in [-0.1, -0.05) is 48.9 Å². The van der Waals surface area contributed by atoms with Crippen molar-refractivity contribution in [2.24, 2.45) is 4.99 Å². The first-order valence-corrected chi connectivity index (χ1v) is 14.4. The number of ether oxygens (including phenoxy) is 1. The highest BCUT2D eigenvalue weighted by Gasteiger charge is 2.28. The van der Waals surface area contributed by atoms with Crippen LogP contribution in [0.5, 0.6) is 0 Å². The van der Waals surface area contributed by atoms with Gasteiger partial charge in [-0.05, 0) is 24.2 Å². The maximum absolute atomic E-state index is 14.5. The lowest BCUT2D eigenvalue weighted by Crippen LogP contribution is -2.22. The number of aliphatic imine (C=N–C) groups is 1. The second kappa shape index (κ2) is 8.90. The molecule has 0 radical (unpaired) electrons. The Labute approximate surface area is 195 Å². The van der Waals surface area contributed by atoms with Crippen LogP contribution < -0.4 is 5.32 Å². The summed E-state index contributed by atoms with van der Waals surface area (Å²) in [5, 5.41) is 7.64. The van der Waals surface area contributed by atoms with Gasteiger partial charge in [-0.2, -0.15) is 5.10 Å². The third kappa shape index (κ3) is 4.70. The highest BCUT2D eigenvalue weighted by molar-refractivity contribution is 6.76. The number of amidine groups is 1. The van der Waals surface area contributed by atoms with Crippen LogP contribution in [-0.2, 0) is 11.5 Å². The number of hydrogen-bond donors (Lipinski definition) is 1. The van der Waals surface area contributed by atoms with E-state index in [1.165, 1.54) is 12.3 Å². The van der Waals surface area contributed by atoms with E-state index in [1.54, 1.807) is 10.7 Å². The van der Waals surface area contributed by atoms with Crippen molar-refractivity contribution in [1.82, 2.24) is 14.8 Å². The summed E-state index contributed by atoms with van der Waals surface area (Å²) in [6.45, 7) is 7.52. The lowest BCUT2D eigenvalue weighted by Gasteiger charge is -2.16. The molecule has 1 N–H and O–H groups in total. The van der Waals surface area contributed by atoms with Crippen LogP contribution in [0.15, 0.2) is 35.5 Å². The van der Waals surface area contributed by atoms with Gasteiger partial charge in [-0.25, -0.2) is 23.4 Å². The molecule has 0 amide bonds. The van der Waals surface area contributed by atoms with Gasteiger partial charge in [0.1, 0.15) is 40.7 Å². The van der Waals surface area contributed by atoms with Crippen molar-refractivity contribution in [3.63, 3.8) is 0 Å². The molecular formula is C21H21Cl2F2N5OSi. The maximum atomic E-state index is 14.5. The fraction of sp³-hybridized carbons (Fsp3) is 0.286. The first kappa shape index (κ1) is 22.8. The van der Waals surface area contributed by atoms with Gasteiger partial charge in [0.25, 0.3) is 0 Å². The lowest BCUT2D eigenvalue weighted by molar-refractivity contribution is 0.0798. The van der Waals surface area contributed by atoms with Gasteiger partial charge in [0.15, 0.2) is 5.15 Å². The number of pyridine rings is 1. The van der Waals surface area contributed by atoms with Crippen molar-refractivity contribution < 1.29 is 13.5 Å². The smallest absolute Gasteiger partial charge is 0.177 e. The lowest BCUT2D eigenvalue weighted by atomic mass is 10.1. The number of fused-ring (bicyclic) bond motifs is 3. The quantitative estimate of drug-likeness (QED) is 0.246. The van der Waals surface area contributed by atoms with E-state index in [1.807, 2.05) is 0 Å². The Morgan fingerprint density at radius 2 is 1.88 bits per heavy atom. The predicted molar refractivity (Wildman–Crippen MR) is 126 cm³/mol. The van der Waals surface area contributed by atoms with Crippen LogP contribution in [-0.4, -0.2) is 35.3 Å². The van der Waals surface area contributed by atoms with Crippen molar-refractivity contribution in [2.45, 2.75) is 32.4 Å². The number of halogens is 4. The van der Waals surface area contributed by atoms with Crippen molar-refractivity contribution in [2.75, 3.05) is 11.9 Å². The standard InChI is InChI=1S/C21H21Cl2F2N5OSi/c1-32(2,3)8-7-31-11-30-19-12-9-16(22)26-10-15(12)27-21(28-18(19)20(23)29-30)17-13(24)5-4-6-14(17)25/h4-6,9-10H,7-8,11H2,1-3H3,(H,27,28). The van der Waals surface area contributed by atoms with Crippen LogP contribution in [0.3, 0.4) is 0 Å². The van der Waals surface area contributed by atoms with Gasteiger partial charge < -0.3 is 10.1 Å². The summed E-state index contributed by atoms with van der Waals surface area (Å²) < 4.78 is 36.5. The number of nitrogens with zero attached hydrogens (tertiary/aromatic N) is 4. The van der Waals surface area contributed by atoms with Gasteiger partial charge in [-0.3, -0.25) is 0 Å². The summed E-state index contributed by atoms with van der Waals surface area (Å²) in [6.07, 6.45) is 1.47. The average Bonchev–Trinajstić information content (AvgIpc) is 2.90. The predicted octanol–water partition coefficient (Wildman–Crippen LogP) is 6.35. The molecule has 0 spiro atoms. The number of rotatable bonds is 6. The van der Waals surface area contributed by atoms with E-state index in [-0.39, 0.29) is 34.1 Å². The summed E-state index contributed by atoms with van der Waals surface area (Å²) >= 11 is 12.6. The molecular weight excluding hydrogens is 475 g/mol. The second-order valence-electron chi connectivity index (χ2n) is 8.57. The minimum atomic E-state index is -1.26. The van der Waals surface area contributed by atoms with Crippen LogP contribution in [0.1, 0.15) is 5.56 Å². The Balaban J connectivity index is 1.81. The molecule has 2 aromatic heterocycles. The van der Waals surface area contributed by atoms with Crippen LogP contribution in [0.25, 0.3) is 11.3 Å². The van der Waals surface area contributed by atoms with Crippen molar-refractivity contribution >= 4 is 48.5 Å². The Bertz CT molecular complexity index is 1190. The summed E-state index contributed by atoms with van der Waals surface area (Å²) in [5.74, 6) is -1.58. The van der Waals surface area contributed by atoms with Crippen LogP contribution in [0.4, 0.5) is 20.2 Å². The highest BCUT2D eigenvalue weighted by Crippen LogP contribution is 2.43. The molecule has 0 atom stereocenters. The molecule has 6 nitrogen and oxygen atoms in total. The third-order valence-corrected chi connectivity index (χ3v) is 7.06. The molecule has 0 aliphatic carbocycles. The molecule has 11 heteroatoms. The van der Waals surface area contributed by atoms with Gasteiger partial charge in [0.05, 0.1) is 17.4 Å². The molecule has 32 heavy (non-hydrogen) atoms. The van der Waals surface area contributed by atoms with Crippen molar-refractivity contribution in [3.05, 3.63) is 58.0 Å². The van der Waals surface area contributed by atoms with Crippen LogP contribution in [0.2, 0.25) is 36.0 Å². The van der Waals surface area contributed by atoms with Gasteiger partial charge >= 0.3 is 0 Å². The van der Waals surface area contributed by atoms with Crippen molar-refractivity contribution in [1.29, 1.82) is 0 Å². The zero-order valence-electron chi connectivity index (χ0n) is 17.7. The first-order valence-electron chi connectivity index (χ1n) is 9.94. The molecule has 1 aliphatic heterocycles. The van der Waals surface area contributed by atoms with E-state index in [4.69, 9.17) is 27.9 Å². The van der Waals surface area contributed by atoms with E-state index in [2.05, 4.69) is 40.0 Å². The molecule has 1 aliphatic rings. The maximum Gasteiger partial charge on any atom is 0.177 e. The summed E-state index contributed by atoms with van der Waals surface area (Å²) in [5.41, 5.74) is 1.50. The summed E-state index contributed by atoms with van der Waals surface area (Å²) in [6, 6.07) is 6.22. The van der Waals surface area contributed by atoms with E-state index in [9.17, 15) is 8.78 Å². The molecule has 0 unspecified atom stereocenters. The molecule has 3 heterocycles. The Kier molecular flexibility index (Phi) is 6.35. The Morgan fingerprint density at radius 3 is 2.56 bits per heavy atom. The van der Waals surface area contributed by atoms with E-state index < -0.39 is 19.7 Å². The SMILES string of the molecule is C[Si](C)(C)CCOCn1nc(Cl)c2c1-c1cc(Cl)ncc1NC(c1c(F)cccc1F)=N2. The number of hydrogen-bond acceptors (Lipinski definition) is 5. The minimum absolute atomic E-state index is 0.0502. The Morgan fingerprint density at radius 1 is 1.16 bits per heavy atom. The van der Waals surface area contributed by atoms with Gasteiger partial charge in [0, 0.05) is 20.2 Å². The van der Waals surface area contributed by atoms with Crippen LogP contribution >= 0.6 is 23.2 Å². The molecule has 168 valence electrons. The highest BCUT2D eigenvalue weighted by atomic mass is 35.5. The van der Waals surface area contributed by atoms with Crippen LogP contribution in [0, 0.1) is 11.6 Å². The number of anilines is 1. The topological polar surface area (TPSA) is 64.3 Å². The normalized spacial score (nSPS) is 13.2.